The Morgan fingerprint density at radius 3 is 2.70 bits per heavy atom. The summed E-state index contributed by atoms with van der Waals surface area (Å²) in [4.78, 5) is 17.8. The van der Waals surface area contributed by atoms with Crippen LogP contribution >= 0.6 is 11.6 Å². The van der Waals surface area contributed by atoms with Gasteiger partial charge in [-0.3, -0.25) is 4.98 Å². The average Bonchev–Trinajstić information content (AvgIpc) is 2.72. The molecule has 0 amide bonds. The van der Waals surface area contributed by atoms with Crippen LogP contribution in [0.4, 0.5) is 11.6 Å². The number of pyridine rings is 2. The topological polar surface area (TPSA) is 95.9 Å². The molecule has 4 rings (SSSR count). The summed E-state index contributed by atoms with van der Waals surface area (Å²) >= 11 is 6.37. The number of para-hydroxylation sites is 1. The van der Waals surface area contributed by atoms with E-state index in [1.165, 1.54) is 6.33 Å². The van der Waals surface area contributed by atoms with Gasteiger partial charge in [0.05, 0.1) is 27.7 Å². The number of benzene rings is 1. The molecule has 0 bridgehead atoms. The van der Waals surface area contributed by atoms with E-state index in [4.69, 9.17) is 16.6 Å². The van der Waals surface area contributed by atoms with Crippen LogP contribution in [0.25, 0.3) is 21.9 Å². The molecule has 3 N–H and O–H groups in total. The Hall–Kier alpha value is -3.03. The van der Waals surface area contributed by atoms with E-state index in [1.807, 2.05) is 37.3 Å². The maximum atomic E-state index is 10.2. The third-order valence-corrected chi connectivity index (χ3v) is 5.03. The minimum absolute atomic E-state index is 0.148. The largest absolute Gasteiger partial charge is 0.389 e. The quantitative estimate of drug-likeness (QED) is 0.418. The van der Waals surface area contributed by atoms with Gasteiger partial charge in [-0.2, -0.15) is 0 Å². The van der Waals surface area contributed by atoms with Gasteiger partial charge >= 0.3 is 0 Å². The molecule has 0 unspecified atom stereocenters. The predicted molar refractivity (Wildman–Crippen MR) is 121 cm³/mol. The molecular formula is C22H23ClN6O. The van der Waals surface area contributed by atoms with Crippen LogP contribution in [-0.4, -0.2) is 37.2 Å². The van der Waals surface area contributed by atoms with E-state index in [0.717, 1.165) is 16.5 Å². The van der Waals surface area contributed by atoms with E-state index in [-0.39, 0.29) is 6.04 Å². The average molecular weight is 423 g/mol. The molecule has 0 fully saturated rings. The number of fused-ring (bicyclic) bond motifs is 2. The number of aromatic nitrogens is 4. The molecule has 8 heteroatoms. The second-order valence-corrected chi connectivity index (χ2v) is 8.27. The highest BCUT2D eigenvalue weighted by Gasteiger charge is 2.19. The molecule has 0 aliphatic heterocycles. The van der Waals surface area contributed by atoms with Gasteiger partial charge in [0.25, 0.3) is 0 Å². The van der Waals surface area contributed by atoms with Crippen LogP contribution in [0.2, 0.25) is 5.02 Å². The molecule has 7 nitrogen and oxygen atoms in total. The lowest BCUT2D eigenvalue weighted by Gasteiger charge is -2.23. The first-order valence-electron chi connectivity index (χ1n) is 9.69. The zero-order valence-corrected chi connectivity index (χ0v) is 17.8. The number of anilines is 2. The Balaban J connectivity index is 1.75. The summed E-state index contributed by atoms with van der Waals surface area (Å²) in [6.07, 6.45) is 3.24. The van der Waals surface area contributed by atoms with Crippen LogP contribution in [0.1, 0.15) is 32.4 Å². The zero-order valence-electron chi connectivity index (χ0n) is 17.0. The Morgan fingerprint density at radius 2 is 1.90 bits per heavy atom. The van der Waals surface area contributed by atoms with Gasteiger partial charge in [-0.15, -0.1) is 0 Å². The summed E-state index contributed by atoms with van der Waals surface area (Å²) < 4.78 is 0. The van der Waals surface area contributed by atoms with Crippen LogP contribution in [0, 0.1) is 0 Å². The van der Waals surface area contributed by atoms with Gasteiger partial charge in [-0.05, 0) is 45.0 Å². The molecule has 0 aliphatic carbocycles. The van der Waals surface area contributed by atoms with E-state index < -0.39 is 5.60 Å². The van der Waals surface area contributed by atoms with Crippen LogP contribution in [0.5, 0.6) is 0 Å². The molecule has 4 aromatic rings. The smallest absolute Gasteiger partial charge is 0.156 e. The minimum Gasteiger partial charge on any atom is -0.389 e. The standard InChI is InChI=1S/C22H23ClN6O/c1-13(28-21-19-17(26-12-27-21)8-5-9-24-19)15-10-14-6-4-7-16(23)18(14)29-20(15)25-11-22(2,3)30/h4-10,12-13,30H,11H2,1-3H3,(H,25,29)(H,26,27,28)/t13-/m0/s1. The summed E-state index contributed by atoms with van der Waals surface area (Å²) in [5.74, 6) is 1.30. The van der Waals surface area contributed by atoms with Crippen LogP contribution in [0.15, 0.2) is 48.9 Å². The summed E-state index contributed by atoms with van der Waals surface area (Å²) in [6, 6.07) is 11.3. The number of nitrogens with zero attached hydrogens (tertiary/aromatic N) is 4. The number of hydrogen-bond acceptors (Lipinski definition) is 7. The molecule has 1 aromatic carbocycles. The second kappa shape index (κ2) is 8.01. The van der Waals surface area contributed by atoms with Crippen molar-refractivity contribution in [3.8, 4) is 0 Å². The number of nitrogens with one attached hydrogen (secondary N) is 2. The molecule has 3 heterocycles. The van der Waals surface area contributed by atoms with Crippen molar-refractivity contribution in [2.24, 2.45) is 0 Å². The first-order valence-corrected chi connectivity index (χ1v) is 10.1. The molecule has 0 aliphatic rings. The zero-order chi connectivity index (χ0) is 21.3. The van der Waals surface area contributed by atoms with E-state index in [2.05, 4.69) is 31.7 Å². The van der Waals surface area contributed by atoms with Crippen molar-refractivity contribution in [2.45, 2.75) is 32.4 Å². The van der Waals surface area contributed by atoms with Crippen molar-refractivity contribution in [3.05, 3.63) is 59.5 Å². The van der Waals surface area contributed by atoms with Crippen LogP contribution in [-0.2, 0) is 0 Å². The third-order valence-electron chi connectivity index (χ3n) is 4.73. The van der Waals surface area contributed by atoms with E-state index in [9.17, 15) is 5.11 Å². The molecule has 0 saturated heterocycles. The number of hydrogen-bond donors (Lipinski definition) is 3. The van der Waals surface area contributed by atoms with Gasteiger partial charge in [0.2, 0.25) is 0 Å². The minimum atomic E-state index is -0.891. The van der Waals surface area contributed by atoms with Crippen molar-refractivity contribution < 1.29 is 5.11 Å². The normalized spacial score (nSPS) is 12.8. The van der Waals surface area contributed by atoms with Gasteiger partial charge in [0.1, 0.15) is 17.7 Å². The van der Waals surface area contributed by atoms with Crippen molar-refractivity contribution in [1.29, 1.82) is 0 Å². The molecule has 30 heavy (non-hydrogen) atoms. The summed E-state index contributed by atoms with van der Waals surface area (Å²) in [6.45, 7) is 5.86. The number of halogens is 1. The number of rotatable bonds is 6. The van der Waals surface area contributed by atoms with Crippen LogP contribution < -0.4 is 10.6 Å². The van der Waals surface area contributed by atoms with Gasteiger partial charge in [-0.25, -0.2) is 15.0 Å². The maximum absolute atomic E-state index is 10.2. The fourth-order valence-electron chi connectivity index (χ4n) is 3.23. The Labute approximate surface area is 179 Å². The van der Waals surface area contributed by atoms with Gasteiger partial charge in [-0.1, -0.05) is 23.7 Å². The molecule has 3 aromatic heterocycles. The van der Waals surface area contributed by atoms with Crippen molar-refractivity contribution in [3.63, 3.8) is 0 Å². The lowest BCUT2D eigenvalue weighted by atomic mass is 10.0. The Kier molecular flexibility index (Phi) is 5.40. The first-order chi connectivity index (χ1) is 14.3. The summed E-state index contributed by atoms with van der Waals surface area (Å²) in [7, 11) is 0. The number of aliphatic hydroxyl groups is 1. The fourth-order valence-corrected chi connectivity index (χ4v) is 3.46. The summed E-state index contributed by atoms with van der Waals surface area (Å²) in [5, 5.41) is 18.4. The van der Waals surface area contributed by atoms with Crippen LogP contribution in [0.3, 0.4) is 0 Å². The SMILES string of the molecule is C[C@H](Nc1ncnc2cccnc12)c1cc2cccc(Cl)c2nc1NCC(C)(C)O. The molecule has 1 atom stereocenters. The molecule has 0 spiro atoms. The monoisotopic (exact) mass is 422 g/mol. The van der Waals surface area contributed by atoms with Gasteiger partial charge in [0.15, 0.2) is 5.82 Å². The second-order valence-electron chi connectivity index (χ2n) is 7.86. The van der Waals surface area contributed by atoms with E-state index >= 15 is 0 Å². The third kappa shape index (κ3) is 4.27. The summed E-state index contributed by atoms with van der Waals surface area (Å²) in [5.41, 5.74) is 2.22. The fraction of sp³-hybridized carbons (Fsp3) is 0.273. The lowest BCUT2D eigenvalue weighted by molar-refractivity contribution is 0.0944. The van der Waals surface area contributed by atoms with E-state index in [0.29, 0.717) is 34.2 Å². The highest BCUT2D eigenvalue weighted by molar-refractivity contribution is 6.35. The van der Waals surface area contributed by atoms with E-state index in [1.54, 1.807) is 20.0 Å². The molecule has 154 valence electrons. The Morgan fingerprint density at radius 1 is 1.07 bits per heavy atom. The van der Waals surface area contributed by atoms with Crippen molar-refractivity contribution in [1.82, 2.24) is 19.9 Å². The maximum Gasteiger partial charge on any atom is 0.156 e. The van der Waals surface area contributed by atoms with Crippen molar-refractivity contribution in [2.75, 3.05) is 17.2 Å². The Bertz CT molecular complexity index is 1200. The predicted octanol–water partition coefficient (Wildman–Crippen LogP) is 4.58. The molecule has 0 radical (unpaired) electrons. The molecule has 0 saturated carbocycles. The van der Waals surface area contributed by atoms with Gasteiger partial charge in [0, 0.05) is 23.7 Å². The van der Waals surface area contributed by atoms with Crippen molar-refractivity contribution >= 4 is 45.2 Å². The highest BCUT2D eigenvalue weighted by atomic mass is 35.5. The van der Waals surface area contributed by atoms with Gasteiger partial charge < -0.3 is 15.7 Å². The highest BCUT2D eigenvalue weighted by Crippen LogP contribution is 2.32. The molecular weight excluding hydrogens is 400 g/mol. The first kappa shape index (κ1) is 20.3. The lowest BCUT2D eigenvalue weighted by Crippen LogP contribution is -2.30.